The Morgan fingerprint density at radius 2 is 1.21 bits per heavy atom. The van der Waals surface area contributed by atoms with Crippen LogP contribution in [0, 0.1) is 0 Å². The lowest BCUT2D eigenvalue weighted by Crippen LogP contribution is -2.60. The van der Waals surface area contributed by atoms with Crippen molar-refractivity contribution in [1.82, 2.24) is 5.32 Å². The third kappa shape index (κ3) is 21.4. The Balaban J connectivity index is 2.43. The summed E-state index contributed by atoms with van der Waals surface area (Å²) in [6, 6.07) is -0.813. The van der Waals surface area contributed by atoms with E-state index in [1.165, 1.54) is 96.3 Å². The van der Waals surface area contributed by atoms with E-state index < -0.39 is 49.5 Å². The van der Waals surface area contributed by atoms with Crippen molar-refractivity contribution >= 4 is 5.91 Å². The van der Waals surface area contributed by atoms with Gasteiger partial charge in [0, 0.05) is 6.42 Å². The molecule has 2 unspecified atom stereocenters. The molecular formula is C38H71NO8. The lowest BCUT2D eigenvalue weighted by molar-refractivity contribution is -0.302. The van der Waals surface area contributed by atoms with Gasteiger partial charge in [0.05, 0.1) is 25.4 Å². The molecule has 9 nitrogen and oxygen atoms in total. The summed E-state index contributed by atoms with van der Waals surface area (Å²) in [7, 11) is 0. The number of allylic oxidation sites excluding steroid dienone is 3. The molecule has 0 spiro atoms. The minimum absolute atomic E-state index is 0.190. The number of hydrogen-bond donors (Lipinski definition) is 6. The van der Waals surface area contributed by atoms with Gasteiger partial charge in [-0.1, -0.05) is 141 Å². The summed E-state index contributed by atoms with van der Waals surface area (Å²) in [4.78, 5) is 12.8. The van der Waals surface area contributed by atoms with Gasteiger partial charge in [-0.05, 0) is 32.1 Å². The van der Waals surface area contributed by atoms with Gasteiger partial charge in [0.1, 0.15) is 24.4 Å². The van der Waals surface area contributed by atoms with E-state index in [9.17, 15) is 30.3 Å². The van der Waals surface area contributed by atoms with Crippen LogP contribution in [0.1, 0.15) is 155 Å². The second kappa shape index (κ2) is 29.6. The Morgan fingerprint density at radius 1 is 0.702 bits per heavy atom. The smallest absolute Gasteiger partial charge is 0.220 e. The number of unbranched alkanes of at least 4 members (excludes halogenated alkanes) is 18. The summed E-state index contributed by atoms with van der Waals surface area (Å²) in [5.41, 5.74) is 0. The van der Waals surface area contributed by atoms with E-state index in [1.807, 2.05) is 6.08 Å². The molecule has 0 aromatic carbocycles. The molecule has 0 radical (unpaired) electrons. The van der Waals surface area contributed by atoms with Crippen LogP contribution in [0.5, 0.6) is 0 Å². The average molecular weight is 670 g/mol. The van der Waals surface area contributed by atoms with Crippen LogP contribution in [-0.2, 0) is 14.3 Å². The third-order valence-corrected chi connectivity index (χ3v) is 9.03. The van der Waals surface area contributed by atoms with Crippen LogP contribution in [0.15, 0.2) is 24.3 Å². The molecule has 9 heteroatoms. The second-order valence-electron chi connectivity index (χ2n) is 13.4. The molecule has 1 rings (SSSR count). The Labute approximate surface area is 286 Å². The summed E-state index contributed by atoms with van der Waals surface area (Å²) in [6.07, 6.45) is 25.2. The maximum absolute atomic E-state index is 12.8. The predicted molar refractivity (Wildman–Crippen MR) is 189 cm³/mol. The zero-order chi connectivity index (χ0) is 34.5. The van der Waals surface area contributed by atoms with Crippen LogP contribution in [-0.4, -0.2) is 87.5 Å². The van der Waals surface area contributed by atoms with E-state index in [4.69, 9.17) is 9.47 Å². The molecule has 0 aromatic heterocycles. The van der Waals surface area contributed by atoms with Gasteiger partial charge in [-0.3, -0.25) is 4.79 Å². The topological polar surface area (TPSA) is 149 Å². The second-order valence-corrected chi connectivity index (χ2v) is 13.4. The molecule has 1 saturated heterocycles. The van der Waals surface area contributed by atoms with Gasteiger partial charge in [-0.25, -0.2) is 0 Å². The largest absolute Gasteiger partial charge is 0.394 e. The fourth-order valence-corrected chi connectivity index (χ4v) is 5.88. The number of hydrogen-bond acceptors (Lipinski definition) is 8. The first-order chi connectivity index (χ1) is 22.8. The normalized spacial score (nSPS) is 23.1. The monoisotopic (exact) mass is 670 g/mol. The van der Waals surface area contributed by atoms with Gasteiger partial charge < -0.3 is 40.3 Å². The van der Waals surface area contributed by atoms with Crippen molar-refractivity contribution < 1.29 is 39.8 Å². The number of rotatable bonds is 30. The van der Waals surface area contributed by atoms with E-state index in [0.717, 1.165) is 38.5 Å². The Kier molecular flexibility index (Phi) is 27.5. The summed E-state index contributed by atoms with van der Waals surface area (Å²) >= 11 is 0. The number of amides is 1. The Bertz CT molecular complexity index is 792. The minimum atomic E-state index is -1.57. The first-order valence-corrected chi connectivity index (χ1v) is 19.1. The van der Waals surface area contributed by atoms with Gasteiger partial charge in [-0.15, -0.1) is 0 Å². The number of carbonyl (C=O) groups is 1. The molecule has 276 valence electrons. The standard InChI is InChI=1S/C38H71NO8/c1-3-5-7-9-11-13-14-15-16-17-18-20-22-24-26-28-34(42)39-31(32(41)27-25-23-21-19-12-10-8-6-4-2)30-46-38-37(45)36(44)35(43)33(29-40)47-38/h12,19,25,27,31-33,35-38,40-41,43-45H,3-11,13-18,20-24,26,28-30H2,1-2H3,(H,39,42)/b19-12+,27-25+/t31-,32+,33-,35-,36?,37?,38-/m0/s1. The highest BCUT2D eigenvalue weighted by Gasteiger charge is 2.44. The van der Waals surface area contributed by atoms with Crippen LogP contribution in [0.4, 0.5) is 0 Å². The summed E-state index contributed by atoms with van der Waals surface area (Å²) in [5, 5.41) is 53.7. The van der Waals surface area contributed by atoms with Gasteiger partial charge >= 0.3 is 0 Å². The van der Waals surface area contributed by atoms with Crippen molar-refractivity contribution in [3.63, 3.8) is 0 Å². The zero-order valence-corrected chi connectivity index (χ0v) is 29.8. The van der Waals surface area contributed by atoms with Gasteiger partial charge in [0.25, 0.3) is 0 Å². The lowest BCUT2D eigenvalue weighted by Gasteiger charge is -2.40. The summed E-state index contributed by atoms with van der Waals surface area (Å²) in [6.45, 7) is 3.68. The van der Waals surface area contributed by atoms with Crippen LogP contribution in [0.25, 0.3) is 0 Å². The summed E-state index contributed by atoms with van der Waals surface area (Å²) < 4.78 is 11.1. The fourth-order valence-electron chi connectivity index (χ4n) is 5.88. The number of ether oxygens (including phenoxy) is 2. The highest BCUT2D eigenvalue weighted by atomic mass is 16.7. The predicted octanol–water partition coefficient (Wildman–Crippen LogP) is 6.38. The number of carbonyl (C=O) groups excluding carboxylic acids is 1. The minimum Gasteiger partial charge on any atom is -0.394 e. The molecule has 0 aromatic rings. The van der Waals surface area contributed by atoms with E-state index in [1.54, 1.807) is 6.08 Å². The van der Waals surface area contributed by atoms with Crippen molar-refractivity contribution in [2.75, 3.05) is 13.2 Å². The molecule has 0 saturated carbocycles. The van der Waals surface area contributed by atoms with Gasteiger partial charge in [0.15, 0.2) is 6.29 Å². The maximum atomic E-state index is 12.8. The molecule has 1 fully saturated rings. The molecular weight excluding hydrogens is 598 g/mol. The molecule has 6 N–H and O–H groups in total. The number of aliphatic hydroxyl groups excluding tert-OH is 5. The molecule has 7 atom stereocenters. The zero-order valence-electron chi connectivity index (χ0n) is 29.8. The van der Waals surface area contributed by atoms with Crippen molar-refractivity contribution in [2.24, 2.45) is 0 Å². The fraction of sp³-hybridized carbons (Fsp3) is 0.868. The van der Waals surface area contributed by atoms with E-state index >= 15 is 0 Å². The highest BCUT2D eigenvalue weighted by Crippen LogP contribution is 2.22. The summed E-state index contributed by atoms with van der Waals surface area (Å²) in [5.74, 6) is -0.190. The highest BCUT2D eigenvalue weighted by molar-refractivity contribution is 5.76. The molecule has 0 bridgehead atoms. The molecule has 1 amide bonds. The maximum Gasteiger partial charge on any atom is 0.220 e. The van der Waals surface area contributed by atoms with E-state index in [2.05, 4.69) is 31.3 Å². The molecule has 1 heterocycles. The van der Waals surface area contributed by atoms with Crippen LogP contribution >= 0.6 is 0 Å². The van der Waals surface area contributed by atoms with Crippen LogP contribution < -0.4 is 5.32 Å². The Morgan fingerprint density at radius 3 is 1.79 bits per heavy atom. The molecule has 47 heavy (non-hydrogen) atoms. The molecule has 0 aliphatic carbocycles. The van der Waals surface area contributed by atoms with Crippen molar-refractivity contribution in [1.29, 1.82) is 0 Å². The van der Waals surface area contributed by atoms with Gasteiger partial charge in [0.2, 0.25) is 5.91 Å². The first-order valence-electron chi connectivity index (χ1n) is 19.1. The van der Waals surface area contributed by atoms with Gasteiger partial charge in [-0.2, -0.15) is 0 Å². The number of nitrogens with one attached hydrogen (secondary N) is 1. The molecule has 1 aliphatic heterocycles. The van der Waals surface area contributed by atoms with Crippen molar-refractivity contribution in [2.45, 2.75) is 198 Å². The van der Waals surface area contributed by atoms with Crippen LogP contribution in [0.3, 0.4) is 0 Å². The SMILES string of the molecule is CCCCC/C=C/CC/C=C/[C@@H](O)[C@H](CO[C@H]1O[C@@H](CO)[C@H](O)C(O)C1O)NC(=O)CCCCCCCCCCCCCCCCC. The lowest BCUT2D eigenvalue weighted by atomic mass is 9.99. The quantitative estimate of drug-likeness (QED) is 0.0381. The Hall–Kier alpha value is -1.33. The molecule has 1 aliphatic rings. The first kappa shape index (κ1) is 43.7. The average Bonchev–Trinajstić information content (AvgIpc) is 3.07. The van der Waals surface area contributed by atoms with E-state index in [0.29, 0.717) is 6.42 Å². The van der Waals surface area contributed by atoms with Crippen molar-refractivity contribution in [3.05, 3.63) is 24.3 Å². The third-order valence-electron chi connectivity index (χ3n) is 9.03. The van der Waals surface area contributed by atoms with Crippen LogP contribution in [0.2, 0.25) is 0 Å². The van der Waals surface area contributed by atoms with Crippen molar-refractivity contribution in [3.8, 4) is 0 Å². The van der Waals surface area contributed by atoms with E-state index in [-0.39, 0.29) is 12.5 Å². The number of aliphatic hydroxyl groups is 5.